The third-order valence-electron chi connectivity index (χ3n) is 3.06. The van der Waals surface area contributed by atoms with E-state index in [0.29, 0.717) is 13.1 Å². The lowest BCUT2D eigenvalue weighted by Crippen LogP contribution is -2.39. The number of carbonyl (C=O) groups is 1. The van der Waals surface area contributed by atoms with Crippen molar-refractivity contribution < 1.29 is 9.18 Å². The van der Waals surface area contributed by atoms with Crippen molar-refractivity contribution >= 4 is 17.5 Å². The number of carbonyl (C=O) groups excluding carboxylic acids is 1. The third-order valence-corrected chi connectivity index (χ3v) is 3.36. The Morgan fingerprint density at radius 1 is 1.56 bits per heavy atom. The standard InChI is InChI=1S/C13H12ClFN2O/c14-11-4-3-10(6-12(11)15)13(18)17-5-1-2-9(7-16)8-17/h3-4,6,9H,1-2,5,8H2. The van der Waals surface area contributed by atoms with Gasteiger partial charge in [-0.15, -0.1) is 0 Å². The fourth-order valence-corrected chi connectivity index (χ4v) is 2.20. The number of halogens is 2. The molecule has 94 valence electrons. The van der Waals surface area contributed by atoms with E-state index in [1.807, 2.05) is 0 Å². The minimum Gasteiger partial charge on any atom is -0.337 e. The number of benzene rings is 1. The molecule has 0 saturated carbocycles. The molecule has 0 N–H and O–H groups in total. The Morgan fingerprint density at radius 2 is 2.33 bits per heavy atom. The van der Waals surface area contributed by atoms with Crippen molar-refractivity contribution in [3.8, 4) is 6.07 Å². The number of hydrogen-bond acceptors (Lipinski definition) is 2. The molecule has 0 radical (unpaired) electrons. The molecule has 3 nitrogen and oxygen atoms in total. The van der Waals surface area contributed by atoms with Gasteiger partial charge in [-0.2, -0.15) is 5.26 Å². The van der Waals surface area contributed by atoms with Crippen LogP contribution in [0.15, 0.2) is 18.2 Å². The van der Waals surface area contributed by atoms with Crippen LogP contribution in [-0.4, -0.2) is 23.9 Å². The van der Waals surface area contributed by atoms with Crippen molar-refractivity contribution in [1.29, 1.82) is 5.26 Å². The first-order chi connectivity index (χ1) is 8.61. The molecule has 18 heavy (non-hydrogen) atoms. The highest BCUT2D eigenvalue weighted by Gasteiger charge is 2.24. The van der Waals surface area contributed by atoms with Gasteiger partial charge < -0.3 is 4.90 Å². The maximum absolute atomic E-state index is 13.3. The minimum atomic E-state index is -0.601. The van der Waals surface area contributed by atoms with Crippen LogP contribution in [0.4, 0.5) is 4.39 Å². The molecule has 0 aromatic heterocycles. The highest BCUT2D eigenvalue weighted by atomic mass is 35.5. The Balaban J connectivity index is 2.15. The molecule has 2 rings (SSSR count). The summed E-state index contributed by atoms with van der Waals surface area (Å²) in [7, 11) is 0. The molecule has 0 aliphatic carbocycles. The topological polar surface area (TPSA) is 44.1 Å². The van der Waals surface area contributed by atoms with Crippen LogP contribution in [0.25, 0.3) is 0 Å². The van der Waals surface area contributed by atoms with Crippen LogP contribution < -0.4 is 0 Å². The monoisotopic (exact) mass is 266 g/mol. The maximum atomic E-state index is 13.3. The summed E-state index contributed by atoms with van der Waals surface area (Å²) in [6, 6.07) is 6.19. The van der Waals surface area contributed by atoms with E-state index >= 15 is 0 Å². The van der Waals surface area contributed by atoms with Gasteiger partial charge >= 0.3 is 0 Å². The van der Waals surface area contributed by atoms with Crippen molar-refractivity contribution in [2.45, 2.75) is 12.8 Å². The van der Waals surface area contributed by atoms with Gasteiger partial charge in [-0.05, 0) is 31.0 Å². The molecule has 1 amide bonds. The summed E-state index contributed by atoms with van der Waals surface area (Å²) in [6.45, 7) is 1.03. The normalized spacial score (nSPS) is 19.4. The average molecular weight is 267 g/mol. The second-order valence-electron chi connectivity index (χ2n) is 4.35. The second-order valence-corrected chi connectivity index (χ2v) is 4.76. The van der Waals surface area contributed by atoms with Crippen LogP contribution in [0.1, 0.15) is 23.2 Å². The molecule has 1 unspecified atom stereocenters. The van der Waals surface area contributed by atoms with E-state index in [1.165, 1.54) is 12.1 Å². The van der Waals surface area contributed by atoms with Crippen LogP contribution in [0.2, 0.25) is 5.02 Å². The summed E-state index contributed by atoms with van der Waals surface area (Å²) in [5.41, 5.74) is 0.274. The molecule has 1 aliphatic heterocycles. The highest BCUT2D eigenvalue weighted by Crippen LogP contribution is 2.20. The number of amides is 1. The van der Waals surface area contributed by atoms with E-state index in [2.05, 4.69) is 6.07 Å². The predicted molar refractivity (Wildman–Crippen MR) is 65.7 cm³/mol. The quantitative estimate of drug-likeness (QED) is 0.784. The smallest absolute Gasteiger partial charge is 0.253 e. The van der Waals surface area contributed by atoms with Crippen LogP contribution in [0.5, 0.6) is 0 Å². The zero-order valence-corrected chi connectivity index (χ0v) is 10.5. The van der Waals surface area contributed by atoms with Crippen LogP contribution in [0, 0.1) is 23.1 Å². The Bertz CT molecular complexity index is 512. The van der Waals surface area contributed by atoms with E-state index in [-0.39, 0.29) is 22.4 Å². The van der Waals surface area contributed by atoms with Crippen LogP contribution >= 0.6 is 11.6 Å². The van der Waals surface area contributed by atoms with Gasteiger partial charge in [0.05, 0.1) is 17.0 Å². The number of piperidine rings is 1. The van der Waals surface area contributed by atoms with Crippen molar-refractivity contribution in [2.75, 3.05) is 13.1 Å². The molecule has 0 spiro atoms. The minimum absolute atomic E-state index is 0.0000885. The summed E-state index contributed by atoms with van der Waals surface area (Å²) in [5, 5.41) is 8.88. The van der Waals surface area contributed by atoms with Crippen molar-refractivity contribution in [3.05, 3.63) is 34.6 Å². The van der Waals surface area contributed by atoms with E-state index in [1.54, 1.807) is 4.90 Å². The van der Waals surface area contributed by atoms with Crippen molar-refractivity contribution in [1.82, 2.24) is 4.90 Å². The number of hydrogen-bond donors (Lipinski definition) is 0. The summed E-state index contributed by atoms with van der Waals surface area (Å²) in [5.74, 6) is -0.971. The molecule has 1 aliphatic rings. The fraction of sp³-hybridized carbons (Fsp3) is 0.385. The fourth-order valence-electron chi connectivity index (χ4n) is 2.08. The Morgan fingerprint density at radius 3 is 3.00 bits per heavy atom. The Hall–Kier alpha value is -1.60. The molecular formula is C13H12ClFN2O. The maximum Gasteiger partial charge on any atom is 0.253 e. The first-order valence-electron chi connectivity index (χ1n) is 5.75. The zero-order chi connectivity index (χ0) is 13.1. The van der Waals surface area contributed by atoms with Crippen molar-refractivity contribution in [2.24, 2.45) is 5.92 Å². The highest BCUT2D eigenvalue weighted by molar-refractivity contribution is 6.30. The third kappa shape index (κ3) is 2.62. The number of nitrogens with zero attached hydrogens (tertiary/aromatic N) is 2. The summed E-state index contributed by atoms with van der Waals surface area (Å²) >= 11 is 5.57. The molecule has 1 aromatic carbocycles. The van der Waals surface area contributed by atoms with Gasteiger partial charge in [0.15, 0.2) is 0 Å². The first-order valence-corrected chi connectivity index (χ1v) is 6.13. The van der Waals surface area contributed by atoms with Gasteiger partial charge in [-0.3, -0.25) is 4.79 Å². The molecule has 1 heterocycles. The Kier molecular flexibility index (Phi) is 3.83. The van der Waals surface area contributed by atoms with E-state index in [0.717, 1.165) is 18.9 Å². The number of likely N-dealkylation sites (tertiary alicyclic amines) is 1. The van der Waals surface area contributed by atoms with Gasteiger partial charge in [-0.1, -0.05) is 11.6 Å². The van der Waals surface area contributed by atoms with Crippen molar-refractivity contribution in [3.63, 3.8) is 0 Å². The lowest BCUT2D eigenvalue weighted by molar-refractivity contribution is 0.0698. The van der Waals surface area contributed by atoms with Gasteiger partial charge in [0.2, 0.25) is 0 Å². The number of nitriles is 1. The lowest BCUT2D eigenvalue weighted by atomic mass is 9.99. The molecule has 1 atom stereocenters. The molecule has 5 heteroatoms. The zero-order valence-electron chi connectivity index (χ0n) is 9.70. The average Bonchev–Trinajstić information content (AvgIpc) is 2.41. The molecule has 1 fully saturated rings. The molecule has 1 saturated heterocycles. The van der Waals surface area contributed by atoms with E-state index in [9.17, 15) is 9.18 Å². The summed E-state index contributed by atoms with van der Waals surface area (Å²) in [4.78, 5) is 13.7. The molecule has 0 bridgehead atoms. The SMILES string of the molecule is N#CC1CCCN(C(=O)c2ccc(Cl)c(F)c2)C1. The second kappa shape index (κ2) is 5.36. The van der Waals surface area contributed by atoms with E-state index in [4.69, 9.17) is 16.9 Å². The summed E-state index contributed by atoms with van der Waals surface area (Å²) in [6.07, 6.45) is 1.62. The summed E-state index contributed by atoms with van der Waals surface area (Å²) < 4.78 is 13.3. The van der Waals surface area contributed by atoms with Gasteiger partial charge in [0, 0.05) is 18.7 Å². The molecule has 1 aromatic rings. The van der Waals surface area contributed by atoms with Gasteiger partial charge in [0.25, 0.3) is 5.91 Å². The number of rotatable bonds is 1. The van der Waals surface area contributed by atoms with Gasteiger partial charge in [-0.25, -0.2) is 4.39 Å². The van der Waals surface area contributed by atoms with Crippen LogP contribution in [-0.2, 0) is 0 Å². The van der Waals surface area contributed by atoms with E-state index < -0.39 is 5.82 Å². The molecular weight excluding hydrogens is 255 g/mol. The largest absolute Gasteiger partial charge is 0.337 e. The van der Waals surface area contributed by atoms with Gasteiger partial charge in [0.1, 0.15) is 5.82 Å². The predicted octanol–water partition coefficient (Wildman–Crippen LogP) is 2.85. The lowest BCUT2D eigenvalue weighted by Gasteiger charge is -2.29. The van der Waals surface area contributed by atoms with Crippen LogP contribution in [0.3, 0.4) is 0 Å². The Labute approximate surface area is 110 Å². The first kappa shape index (κ1) is 12.8.